The minimum absolute atomic E-state index is 0.00518. The molecule has 2 heterocycles. The largest absolute Gasteiger partial charge is 0.254 e. The highest BCUT2D eigenvalue weighted by atomic mass is 35.5. The number of aromatic nitrogens is 4. The number of nitrogens with zero attached hydrogens (tertiary/aromatic N) is 4. The highest BCUT2D eigenvalue weighted by Crippen LogP contribution is 2.40. The van der Waals surface area contributed by atoms with Crippen molar-refractivity contribution in [3.63, 3.8) is 0 Å². The van der Waals surface area contributed by atoms with Gasteiger partial charge in [0.15, 0.2) is 0 Å². The smallest absolute Gasteiger partial charge is 0.207 e. The van der Waals surface area contributed by atoms with Gasteiger partial charge in [-0.15, -0.1) is 11.8 Å². The molecule has 0 saturated heterocycles. The molecule has 0 unspecified atom stereocenters. The Bertz CT molecular complexity index is 1110. The molecule has 136 valence electrons. The van der Waals surface area contributed by atoms with Crippen LogP contribution in [0.25, 0.3) is 16.9 Å². The Morgan fingerprint density at radius 2 is 1.70 bits per heavy atom. The molecule has 0 fully saturated rings. The van der Waals surface area contributed by atoms with Crippen LogP contribution in [0.15, 0.2) is 53.8 Å². The Kier molecular flexibility index (Phi) is 4.75. The summed E-state index contributed by atoms with van der Waals surface area (Å²) in [7, 11) is 0. The van der Waals surface area contributed by atoms with Gasteiger partial charge in [0.05, 0.1) is 11.1 Å². The second-order valence-electron chi connectivity index (χ2n) is 5.57. The van der Waals surface area contributed by atoms with Crippen molar-refractivity contribution in [3.8, 4) is 11.1 Å². The van der Waals surface area contributed by atoms with Gasteiger partial charge in [-0.3, -0.25) is 0 Å². The van der Waals surface area contributed by atoms with Crippen LogP contribution in [0.2, 0.25) is 5.15 Å². The first-order chi connectivity index (χ1) is 13.0. The van der Waals surface area contributed by atoms with Crippen molar-refractivity contribution in [2.24, 2.45) is 0 Å². The second-order valence-corrected chi connectivity index (χ2v) is 6.90. The number of hydrogen-bond acceptors (Lipinski definition) is 4. The van der Waals surface area contributed by atoms with Crippen LogP contribution in [0.4, 0.5) is 13.2 Å². The Morgan fingerprint density at radius 3 is 2.41 bits per heavy atom. The van der Waals surface area contributed by atoms with E-state index in [1.54, 1.807) is 0 Å². The second kappa shape index (κ2) is 7.21. The Hall–Kier alpha value is -2.58. The summed E-state index contributed by atoms with van der Waals surface area (Å²) in [6.45, 7) is 0. The van der Waals surface area contributed by atoms with Crippen LogP contribution in [-0.2, 0) is 5.75 Å². The van der Waals surface area contributed by atoms with E-state index < -0.39 is 23.0 Å². The van der Waals surface area contributed by atoms with Gasteiger partial charge in [0.2, 0.25) is 0 Å². The average molecular weight is 407 g/mol. The van der Waals surface area contributed by atoms with Crippen molar-refractivity contribution in [2.45, 2.75) is 10.8 Å². The van der Waals surface area contributed by atoms with E-state index >= 15 is 0 Å². The zero-order valence-corrected chi connectivity index (χ0v) is 15.1. The number of thioether (sulfide) groups is 1. The molecule has 0 spiro atoms. The molecule has 2 aromatic heterocycles. The molecule has 0 aliphatic heterocycles. The number of hydrogen-bond donors (Lipinski definition) is 0. The van der Waals surface area contributed by atoms with E-state index in [2.05, 4.69) is 15.1 Å². The summed E-state index contributed by atoms with van der Waals surface area (Å²) >= 11 is 7.51. The Morgan fingerprint density at radius 1 is 1.00 bits per heavy atom. The van der Waals surface area contributed by atoms with Gasteiger partial charge in [0, 0.05) is 17.9 Å². The van der Waals surface area contributed by atoms with Gasteiger partial charge in [-0.2, -0.15) is 19.6 Å². The maximum absolute atomic E-state index is 14.4. The highest BCUT2D eigenvalue weighted by molar-refractivity contribution is 7.98. The molecule has 9 heteroatoms. The molecule has 27 heavy (non-hydrogen) atoms. The predicted octanol–water partition coefficient (Wildman–Crippen LogP) is 5.15. The molecule has 2 aromatic carbocycles. The molecule has 4 nitrogen and oxygen atoms in total. The fraction of sp³-hybridized carbons (Fsp3) is 0.0556. The molecule has 0 radical (unpaired) electrons. The zero-order valence-electron chi connectivity index (χ0n) is 13.5. The van der Waals surface area contributed by atoms with E-state index in [-0.39, 0.29) is 16.5 Å². The van der Waals surface area contributed by atoms with Crippen molar-refractivity contribution < 1.29 is 13.2 Å². The lowest BCUT2D eigenvalue weighted by Gasteiger charge is -2.14. The van der Waals surface area contributed by atoms with Crippen LogP contribution < -0.4 is 0 Å². The molecule has 0 atom stereocenters. The number of benzene rings is 2. The summed E-state index contributed by atoms with van der Waals surface area (Å²) < 4.78 is 43.5. The third kappa shape index (κ3) is 3.38. The summed E-state index contributed by atoms with van der Waals surface area (Å²) in [4.78, 5) is 8.03. The lowest BCUT2D eigenvalue weighted by Crippen LogP contribution is -2.03. The van der Waals surface area contributed by atoms with Gasteiger partial charge < -0.3 is 0 Å². The Balaban J connectivity index is 1.91. The quantitative estimate of drug-likeness (QED) is 0.347. The van der Waals surface area contributed by atoms with Crippen molar-refractivity contribution >= 4 is 29.1 Å². The van der Waals surface area contributed by atoms with E-state index in [1.165, 1.54) is 22.6 Å². The third-order valence-electron chi connectivity index (χ3n) is 3.82. The molecule has 0 saturated carbocycles. The van der Waals surface area contributed by atoms with Crippen molar-refractivity contribution in [2.75, 3.05) is 0 Å². The minimum Gasteiger partial charge on any atom is -0.207 e. The van der Waals surface area contributed by atoms with Crippen LogP contribution in [0.1, 0.15) is 5.56 Å². The molecular formula is C18H10ClF3N4S. The third-order valence-corrected chi connectivity index (χ3v) is 5.22. The lowest BCUT2D eigenvalue weighted by atomic mass is 10.1. The van der Waals surface area contributed by atoms with Crippen LogP contribution >= 0.6 is 23.4 Å². The molecule has 0 N–H and O–H groups in total. The van der Waals surface area contributed by atoms with Gasteiger partial charge in [-0.05, 0) is 5.56 Å². The van der Waals surface area contributed by atoms with Crippen LogP contribution in [0, 0.1) is 17.5 Å². The maximum atomic E-state index is 14.4. The fourth-order valence-corrected chi connectivity index (χ4v) is 4.05. The summed E-state index contributed by atoms with van der Waals surface area (Å²) in [5, 5.41) is 4.29. The monoisotopic (exact) mass is 406 g/mol. The standard InChI is InChI=1S/C18H10ClF3N4S/c19-16-15(14-12(21)6-11(20)7-13(14)22)17(26-18(25-16)23-9-24-26)27-8-10-4-2-1-3-5-10/h1-7,9H,8H2. The molecular weight excluding hydrogens is 397 g/mol. The van der Waals surface area contributed by atoms with Gasteiger partial charge in [0.25, 0.3) is 5.78 Å². The van der Waals surface area contributed by atoms with Crippen molar-refractivity contribution in [3.05, 3.63) is 77.0 Å². The predicted molar refractivity (Wildman–Crippen MR) is 97.1 cm³/mol. The van der Waals surface area contributed by atoms with E-state index in [0.717, 1.165) is 5.56 Å². The summed E-state index contributed by atoms with van der Waals surface area (Å²) in [6.07, 6.45) is 1.27. The first kappa shape index (κ1) is 17.8. The van der Waals surface area contributed by atoms with E-state index in [1.807, 2.05) is 30.3 Å². The topological polar surface area (TPSA) is 43.1 Å². The zero-order chi connectivity index (χ0) is 19.0. The summed E-state index contributed by atoms with van der Waals surface area (Å²) in [6, 6.07) is 10.7. The average Bonchev–Trinajstić information content (AvgIpc) is 3.09. The first-order valence-electron chi connectivity index (χ1n) is 7.75. The maximum Gasteiger partial charge on any atom is 0.254 e. The molecule has 0 amide bonds. The van der Waals surface area contributed by atoms with Crippen molar-refractivity contribution in [1.29, 1.82) is 0 Å². The molecule has 0 aliphatic rings. The highest BCUT2D eigenvalue weighted by Gasteiger charge is 2.24. The molecule has 0 bridgehead atoms. The molecule has 4 rings (SSSR count). The van der Waals surface area contributed by atoms with E-state index in [9.17, 15) is 13.2 Å². The van der Waals surface area contributed by atoms with Gasteiger partial charge >= 0.3 is 0 Å². The number of halogens is 4. The number of fused-ring (bicyclic) bond motifs is 1. The summed E-state index contributed by atoms with van der Waals surface area (Å²) in [5.41, 5.74) is 0.544. The fourth-order valence-electron chi connectivity index (χ4n) is 2.64. The van der Waals surface area contributed by atoms with Gasteiger partial charge in [-0.25, -0.2) is 13.2 Å². The molecule has 0 aliphatic carbocycles. The van der Waals surface area contributed by atoms with Crippen LogP contribution in [0.3, 0.4) is 0 Å². The Labute approximate surface area is 161 Å². The van der Waals surface area contributed by atoms with Gasteiger partial charge in [0.1, 0.15) is 34.0 Å². The van der Waals surface area contributed by atoms with Crippen molar-refractivity contribution in [1.82, 2.24) is 19.6 Å². The summed E-state index contributed by atoms with van der Waals surface area (Å²) in [5.74, 6) is -2.47. The SMILES string of the molecule is Fc1cc(F)c(-c2c(Cl)nc3ncnn3c2SCc2ccccc2)c(F)c1. The van der Waals surface area contributed by atoms with Crippen LogP contribution in [-0.4, -0.2) is 19.6 Å². The van der Waals surface area contributed by atoms with E-state index in [4.69, 9.17) is 11.6 Å². The minimum atomic E-state index is -1.07. The lowest BCUT2D eigenvalue weighted by molar-refractivity contribution is 0.547. The van der Waals surface area contributed by atoms with E-state index in [0.29, 0.717) is 22.9 Å². The van der Waals surface area contributed by atoms with Crippen LogP contribution in [0.5, 0.6) is 0 Å². The number of rotatable bonds is 4. The molecule has 4 aromatic rings. The van der Waals surface area contributed by atoms with Gasteiger partial charge in [-0.1, -0.05) is 41.9 Å². The first-order valence-corrected chi connectivity index (χ1v) is 9.12. The normalized spacial score (nSPS) is 11.3.